The molecule has 2 aromatic heterocycles. The van der Waals surface area contributed by atoms with Crippen LogP contribution in [0, 0.1) is 0 Å². The van der Waals surface area contributed by atoms with E-state index in [9.17, 15) is 9.90 Å². The van der Waals surface area contributed by atoms with Gasteiger partial charge in [-0.1, -0.05) is 18.2 Å². The van der Waals surface area contributed by atoms with Crippen LogP contribution >= 0.6 is 0 Å². The predicted molar refractivity (Wildman–Crippen MR) is 89.6 cm³/mol. The van der Waals surface area contributed by atoms with Gasteiger partial charge in [0.15, 0.2) is 5.76 Å². The topological polar surface area (TPSA) is 78.9 Å². The number of para-hydroxylation sites is 1. The van der Waals surface area contributed by atoms with E-state index in [1.54, 1.807) is 12.1 Å². The third-order valence-electron chi connectivity index (χ3n) is 3.71. The summed E-state index contributed by atoms with van der Waals surface area (Å²) in [6.45, 7) is 0.630. The molecule has 1 unspecified atom stereocenters. The molecule has 126 valence electrons. The van der Waals surface area contributed by atoms with Crippen LogP contribution in [0.4, 0.5) is 0 Å². The van der Waals surface area contributed by atoms with Gasteiger partial charge in [0.25, 0.3) is 5.91 Å². The highest BCUT2D eigenvalue weighted by Crippen LogP contribution is 2.27. The molecular weight excluding hydrogens is 308 g/mol. The summed E-state index contributed by atoms with van der Waals surface area (Å²) in [5, 5.41) is 13.6. The second kappa shape index (κ2) is 6.90. The van der Waals surface area contributed by atoms with Crippen LogP contribution < -0.4 is 5.32 Å². The lowest BCUT2D eigenvalue weighted by Gasteiger charge is -2.11. The van der Waals surface area contributed by atoms with Crippen LogP contribution in [-0.4, -0.2) is 36.6 Å². The maximum atomic E-state index is 12.5. The van der Waals surface area contributed by atoms with E-state index in [2.05, 4.69) is 5.32 Å². The smallest absolute Gasteiger partial charge is 0.287 e. The van der Waals surface area contributed by atoms with E-state index in [-0.39, 0.29) is 18.2 Å². The lowest BCUT2D eigenvalue weighted by Crippen LogP contribution is -2.29. The third kappa shape index (κ3) is 3.34. The third-order valence-corrected chi connectivity index (χ3v) is 3.71. The Hall–Kier alpha value is -2.57. The van der Waals surface area contributed by atoms with E-state index in [0.717, 1.165) is 10.9 Å². The number of furan rings is 2. The van der Waals surface area contributed by atoms with Crippen molar-refractivity contribution in [1.29, 1.82) is 0 Å². The normalized spacial score (nSPS) is 12.7. The van der Waals surface area contributed by atoms with Gasteiger partial charge in [0.1, 0.15) is 17.4 Å². The largest absolute Gasteiger partial charge is 0.467 e. The molecule has 0 bridgehead atoms. The van der Waals surface area contributed by atoms with Crippen LogP contribution in [0.1, 0.15) is 28.0 Å². The van der Waals surface area contributed by atoms with Crippen molar-refractivity contribution in [3.8, 4) is 0 Å². The van der Waals surface area contributed by atoms with Gasteiger partial charge >= 0.3 is 0 Å². The van der Waals surface area contributed by atoms with Crippen molar-refractivity contribution < 1.29 is 18.7 Å². The van der Waals surface area contributed by atoms with E-state index >= 15 is 0 Å². The first-order chi connectivity index (χ1) is 11.6. The number of carbonyl (C=O) groups is 1. The monoisotopic (exact) mass is 328 g/mol. The van der Waals surface area contributed by atoms with Crippen molar-refractivity contribution in [2.24, 2.45) is 0 Å². The summed E-state index contributed by atoms with van der Waals surface area (Å²) < 4.78 is 10.9. The summed E-state index contributed by atoms with van der Waals surface area (Å²) in [7, 11) is 3.87. The number of aliphatic hydroxyl groups is 1. The maximum absolute atomic E-state index is 12.5. The van der Waals surface area contributed by atoms with Gasteiger partial charge in [0.05, 0.1) is 12.8 Å². The zero-order valence-electron chi connectivity index (χ0n) is 13.7. The highest BCUT2D eigenvalue weighted by Gasteiger charge is 2.22. The number of hydrogen-bond donors (Lipinski definition) is 2. The van der Waals surface area contributed by atoms with Crippen molar-refractivity contribution >= 4 is 16.9 Å². The summed E-state index contributed by atoms with van der Waals surface area (Å²) >= 11 is 0. The molecule has 0 aliphatic carbocycles. The molecule has 0 aliphatic rings. The summed E-state index contributed by atoms with van der Waals surface area (Å²) in [5.74, 6) is 0.332. The van der Waals surface area contributed by atoms with Crippen molar-refractivity contribution in [1.82, 2.24) is 10.2 Å². The van der Waals surface area contributed by atoms with Gasteiger partial charge in [-0.2, -0.15) is 0 Å². The van der Waals surface area contributed by atoms with Crippen LogP contribution in [0.3, 0.4) is 0 Å². The summed E-state index contributed by atoms with van der Waals surface area (Å²) in [6.07, 6.45) is 0.583. The van der Waals surface area contributed by atoms with Crippen molar-refractivity contribution in [3.05, 3.63) is 59.7 Å². The van der Waals surface area contributed by atoms with Crippen LogP contribution in [-0.2, 0) is 6.54 Å². The molecule has 0 aliphatic heterocycles. The lowest BCUT2D eigenvalue weighted by atomic mass is 10.1. The van der Waals surface area contributed by atoms with Crippen molar-refractivity contribution in [2.75, 3.05) is 20.6 Å². The number of rotatable bonds is 6. The van der Waals surface area contributed by atoms with E-state index in [0.29, 0.717) is 17.9 Å². The number of fused-ring (bicyclic) bond motifs is 1. The Bertz CT molecular complexity index is 821. The van der Waals surface area contributed by atoms with E-state index in [1.165, 1.54) is 6.26 Å². The first-order valence-corrected chi connectivity index (χ1v) is 7.71. The molecule has 0 spiro atoms. The molecule has 0 saturated carbocycles. The molecule has 24 heavy (non-hydrogen) atoms. The van der Waals surface area contributed by atoms with Gasteiger partial charge in [-0.15, -0.1) is 0 Å². The molecule has 1 atom stereocenters. The molecule has 6 nitrogen and oxygen atoms in total. The van der Waals surface area contributed by atoms with Gasteiger partial charge in [-0.05, 0) is 32.3 Å². The molecule has 0 fully saturated rings. The maximum Gasteiger partial charge on any atom is 0.287 e. The quantitative estimate of drug-likeness (QED) is 0.727. The Morgan fingerprint density at radius 3 is 2.75 bits per heavy atom. The number of nitrogens with zero attached hydrogens (tertiary/aromatic N) is 1. The number of amides is 1. The fraction of sp³-hybridized carbons (Fsp3) is 0.278. The first kappa shape index (κ1) is 16.3. The summed E-state index contributed by atoms with van der Waals surface area (Å²) in [6, 6.07) is 10.9. The van der Waals surface area contributed by atoms with Crippen molar-refractivity contribution in [3.63, 3.8) is 0 Å². The number of benzene rings is 1. The van der Waals surface area contributed by atoms with Gasteiger partial charge in [-0.25, -0.2) is 0 Å². The molecule has 1 aromatic carbocycles. The predicted octanol–water partition coefficient (Wildman–Crippen LogP) is 2.55. The van der Waals surface area contributed by atoms with Crippen LogP contribution in [0.2, 0.25) is 0 Å². The van der Waals surface area contributed by atoms with Crippen LogP contribution in [0.15, 0.2) is 51.5 Å². The molecule has 0 radical (unpaired) electrons. The minimum Gasteiger partial charge on any atom is -0.467 e. The van der Waals surface area contributed by atoms with Crippen molar-refractivity contribution in [2.45, 2.75) is 12.6 Å². The highest BCUT2D eigenvalue weighted by molar-refractivity contribution is 5.99. The molecule has 2 N–H and O–H groups in total. The Kier molecular flexibility index (Phi) is 4.69. The zero-order chi connectivity index (χ0) is 17.1. The SMILES string of the molecule is CN(C)Cc1c(C(=O)NCC(O)c2ccco2)oc2ccccc12. The Balaban J connectivity index is 1.81. The standard InChI is InChI=1S/C18H20N2O4/c1-20(2)11-13-12-6-3-4-7-15(12)24-17(13)18(22)19-10-14(21)16-8-5-9-23-16/h3-9,14,21H,10-11H2,1-2H3,(H,19,22). The number of carbonyl (C=O) groups excluding carboxylic acids is 1. The van der Waals surface area contributed by atoms with E-state index < -0.39 is 6.10 Å². The Labute approximate surface area is 139 Å². The fourth-order valence-electron chi connectivity index (χ4n) is 2.61. The van der Waals surface area contributed by atoms with Gasteiger partial charge < -0.3 is 24.2 Å². The molecular formula is C18H20N2O4. The van der Waals surface area contributed by atoms with Gasteiger partial charge in [0, 0.05) is 17.5 Å². The lowest BCUT2D eigenvalue weighted by molar-refractivity contribution is 0.0874. The molecule has 3 aromatic rings. The second-order valence-electron chi connectivity index (χ2n) is 5.88. The number of hydrogen-bond acceptors (Lipinski definition) is 5. The summed E-state index contributed by atoms with van der Waals surface area (Å²) in [5.41, 5.74) is 1.51. The first-order valence-electron chi connectivity index (χ1n) is 7.71. The minimum absolute atomic E-state index is 0.0464. The molecule has 3 rings (SSSR count). The number of aliphatic hydroxyl groups excluding tert-OH is 1. The van der Waals surface area contributed by atoms with Gasteiger partial charge in [0.2, 0.25) is 0 Å². The Morgan fingerprint density at radius 1 is 1.25 bits per heavy atom. The molecule has 6 heteroatoms. The molecule has 2 heterocycles. The van der Waals surface area contributed by atoms with Crippen LogP contribution in [0.5, 0.6) is 0 Å². The highest BCUT2D eigenvalue weighted by atomic mass is 16.4. The second-order valence-corrected chi connectivity index (χ2v) is 5.88. The van der Waals surface area contributed by atoms with E-state index in [4.69, 9.17) is 8.83 Å². The average molecular weight is 328 g/mol. The average Bonchev–Trinajstić information content (AvgIpc) is 3.20. The fourth-order valence-corrected chi connectivity index (χ4v) is 2.61. The van der Waals surface area contributed by atoms with Crippen LogP contribution in [0.25, 0.3) is 11.0 Å². The summed E-state index contributed by atoms with van der Waals surface area (Å²) in [4.78, 5) is 14.5. The number of nitrogens with one attached hydrogen (secondary N) is 1. The zero-order valence-corrected chi connectivity index (χ0v) is 13.7. The van der Waals surface area contributed by atoms with Gasteiger partial charge in [-0.3, -0.25) is 4.79 Å². The minimum atomic E-state index is -0.898. The molecule has 0 saturated heterocycles. The molecule has 1 amide bonds. The Morgan fingerprint density at radius 2 is 2.04 bits per heavy atom. The van der Waals surface area contributed by atoms with E-state index in [1.807, 2.05) is 43.3 Å².